The van der Waals surface area contributed by atoms with Gasteiger partial charge in [-0.3, -0.25) is 0 Å². The van der Waals surface area contributed by atoms with Crippen LogP contribution in [0.25, 0.3) is 22.3 Å². The minimum atomic E-state index is 1.23. The Hall–Kier alpha value is -5.46. The lowest BCUT2D eigenvalue weighted by Crippen LogP contribution is -2.23. The van der Waals surface area contributed by atoms with Gasteiger partial charge in [0.15, 0.2) is 0 Å². The molecule has 0 heteroatoms. The van der Waals surface area contributed by atoms with Gasteiger partial charge in [0.2, 0.25) is 0 Å². The lowest BCUT2D eigenvalue weighted by molar-refractivity contribution is 1.49. The van der Waals surface area contributed by atoms with Crippen LogP contribution in [-0.2, 0) is 0 Å². The van der Waals surface area contributed by atoms with Crippen molar-refractivity contribution in [2.45, 2.75) is 0 Å². The van der Waals surface area contributed by atoms with Crippen LogP contribution < -0.4 is 20.9 Å². The van der Waals surface area contributed by atoms with Crippen molar-refractivity contribution in [3.8, 4) is 0 Å². The molecule has 0 fully saturated rings. The van der Waals surface area contributed by atoms with Gasteiger partial charge < -0.3 is 0 Å². The zero-order chi connectivity index (χ0) is 27.9. The van der Waals surface area contributed by atoms with E-state index in [1.165, 1.54) is 76.6 Å². The van der Waals surface area contributed by atoms with Crippen LogP contribution in [0.3, 0.4) is 0 Å². The van der Waals surface area contributed by atoms with Crippen LogP contribution in [0.5, 0.6) is 0 Å². The summed E-state index contributed by atoms with van der Waals surface area (Å²) in [5.41, 5.74) is 12.7. The number of allylic oxidation sites excluding steroid dienone is 2. The van der Waals surface area contributed by atoms with Gasteiger partial charge >= 0.3 is 0 Å². The number of hydrogen-bond donors (Lipinski definition) is 0. The average molecular weight is 533 g/mol. The van der Waals surface area contributed by atoms with Crippen LogP contribution >= 0.6 is 0 Å². The predicted molar refractivity (Wildman–Crippen MR) is 174 cm³/mol. The highest BCUT2D eigenvalue weighted by atomic mass is 14.3. The first-order valence-corrected chi connectivity index (χ1v) is 14.5. The van der Waals surface area contributed by atoms with E-state index in [4.69, 9.17) is 0 Å². The molecule has 0 atom stereocenters. The second-order valence-corrected chi connectivity index (χ2v) is 10.8. The molecule has 2 aliphatic carbocycles. The zero-order valence-corrected chi connectivity index (χ0v) is 23.2. The molecule has 0 heterocycles. The maximum absolute atomic E-state index is 2.29. The Morgan fingerprint density at radius 1 is 0.167 bits per heavy atom. The molecule has 196 valence electrons. The molecule has 0 bridgehead atoms. The predicted octanol–water partition coefficient (Wildman–Crippen LogP) is 6.51. The molecular weight excluding hydrogens is 504 g/mol. The molecule has 0 aromatic heterocycles. The van der Waals surface area contributed by atoms with E-state index in [0.717, 1.165) is 0 Å². The Morgan fingerprint density at radius 3 is 0.571 bits per heavy atom. The molecule has 0 saturated heterocycles. The van der Waals surface area contributed by atoms with E-state index < -0.39 is 0 Å². The monoisotopic (exact) mass is 532 g/mol. The summed E-state index contributed by atoms with van der Waals surface area (Å²) < 4.78 is 0. The lowest BCUT2D eigenvalue weighted by Gasteiger charge is -2.21. The van der Waals surface area contributed by atoms with Crippen molar-refractivity contribution in [2.24, 2.45) is 0 Å². The Balaban J connectivity index is 1.64. The molecule has 0 aliphatic heterocycles. The molecule has 0 radical (unpaired) electrons. The van der Waals surface area contributed by atoms with Crippen molar-refractivity contribution in [1.82, 2.24) is 0 Å². The molecule has 0 spiro atoms. The van der Waals surface area contributed by atoms with E-state index in [1.807, 2.05) is 0 Å². The second-order valence-electron chi connectivity index (χ2n) is 10.8. The summed E-state index contributed by atoms with van der Waals surface area (Å²) in [6, 6.07) is 61.6. The minimum Gasteiger partial charge on any atom is -0.0622 e. The summed E-state index contributed by atoms with van der Waals surface area (Å²) in [6.07, 6.45) is 0. The van der Waals surface area contributed by atoms with Gasteiger partial charge in [-0.2, -0.15) is 0 Å². The Morgan fingerprint density at radius 2 is 0.357 bits per heavy atom. The quantitative estimate of drug-likeness (QED) is 0.243. The van der Waals surface area contributed by atoms with E-state index in [-0.39, 0.29) is 0 Å². The van der Waals surface area contributed by atoms with Gasteiger partial charge in [0.25, 0.3) is 0 Å². The van der Waals surface area contributed by atoms with Crippen LogP contribution in [0.4, 0.5) is 0 Å². The van der Waals surface area contributed by atoms with Gasteiger partial charge in [0.05, 0.1) is 0 Å². The summed E-state index contributed by atoms with van der Waals surface area (Å²) >= 11 is 0. The molecule has 6 aromatic rings. The summed E-state index contributed by atoms with van der Waals surface area (Å²) in [4.78, 5) is 0. The second kappa shape index (κ2) is 10.2. The van der Waals surface area contributed by atoms with Crippen LogP contribution in [0.2, 0.25) is 0 Å². The first kappa shape index (κ1) is 24.3. The van der Waals surface area contributed by atoms with E-state index >= 15 is 0 Å². The highest BCUT2D eigenvalue weighted by Crippen LogP contribution is 2.44. The fourth-order valence-corrected chi connectivity index (χ4v) is 6.75. The van der Waals surface area contributed by atoms with E-state index in [0.29, 0.717) is 0 Å². The van der Waals surface area contributed by atoms with E-state index in [2.05, 4.69) is 170 Å². The number of hydrogen-bond acceptors (Lipinski definition) is 0. The average Bonchev–Trinajstić information content (AvgIpc) is 3.59. The third-order valence-electron chi connectivity index (χ3n) is 8.43. The van der Waals surface area contributed by atoms with Crippen molar-refractivity contribution in [3.63, 3.8) is 0 Å². The number of fused-ring (bicyclic) bond motifs is 2. The van der Waals surface area contributed by atoms with Gasteiger partial charge in [-0.05, 0) is 76.6 Å². The topological polar surface area (TPSA) is 0 Å². The molecule has 2 aliphatic rings. The third kappa shape index (κ3) is 3.84. The fourth-order valence-electron chi connectivity index (χ4n) is 6.75. The van der Waals surface area contributed by atoms with Crippen molar-refractivity contribution < 1.29 is 0 Å². The molecule has 6 aromatic carbocycles. The molecule has 42 heavy (non-hydrogen) atoms. The smallest absolute Gasteiger partial charge is 0.000139 e. The first-order valence-electron chi connectivity index (χ1n) is 14.5. The van der Waals surface area contributed by atoms with Crippen LogP contribution in [0.15, 0.2) is 181 Å². The van der Waals surface area contributed by atoms with Crippen molar-refractivity contribution >= 4 is 22.3 Å². The number of benzene rings is 6. The van der Waals surface area contributed by atoms with Crippen LogP contribution in [0.1, 0.15) is 22.3 Å². The molecule has 0 nitrogen and oxygen atoms in total. The summed E-state index contributed by atoms with van der Waals surface area (Å²) in [7, 11) is 0. The SMILES string of the molecule is c1ccc(C2=c3ccccc3=C(c3ccccc3)C2=C2C(c3ccccc3)=c3ccccc3=C2c2ccccc2)cc1. The molecule has 8 rings (SSSR count). The van der Waals surface area contributed by atoms with Gasteiger partial charge in [-0.25, -0.2) is 0 Å². The van der Waals surface area contributed by atoms with Crippen molar-refractivity contribution in [1.29, 1.82) is 0 Å². The molecule has 0 N–H and O–H groups in total. The standard InChI is InChI=1S/C42H28/c1-5-17-29(18-6-1)37-33-25-13-14-26-34(33)38(30-19-7-2-8-20-30)41(37)42-39(31-21-9-3-10-22-31)35-27-15-16-28-36(35)40(42)32-23-11-4-12-24-32/h1-28H. The maximum atomic E-state index is 2.29. The highest BCUT2D eigenvalue weighted by molar-refractivity contribution is 6.13. The zero-order valence-electron chi connectivity index (χ0n) is 23.2. The molecule has 0 saturated carbocycles. The maximum Gasteiger partial charge on any atom is -0.000139 e. The van der Waals surface area contributed by atoms with E-state index in [9.17, 15) is 0 Å². The lowest BCUT2D eigenvalue weighted by atomic mass is 9.81. The summed E-state index contributed by atoms with van der Waals surface area (Å²) in [5, 5.41) is 5.11. The van der Waals surface area contributed by atoms with Gasteiger partial charge in [0.1, 0.15) is 0 Å². The van der Waals surface area contributed by atoms with Gasteiger partial charge in [-0.15, -0.1) is 0 Å². The molecular formula is C42H28. The normalized spacial score (nSPS) is 13.9. The van der Waals surface area contributed by atoms with Crippen molar-refractivity contribution in [3.05, 3.63) is 224 Å². The first-order chi connectivity index (χ1) is 20.9. The largest absolute Gasteiger partial charge is 0.0622 e. The minimum absolute atomic E-state index is 1.23. The Labute approximate surface area is 245 Å². The molecule has 0 amide bonds. The van der Waals surface area contributed by atoms with Crippen LogP contribution in [-0.4, -0.2) is 0 Å². The highest BCUT2D eigenvalue weighted by Gasteiger charge is 2.32. The van der Waals surface area contributed by atoms with Gasteiger partial charge in [-0.1, -0.05) is 170 Å². The third-order valence-corrected chi connectivity index (χ3v) is 8.43. The van der Waals surface area contributed by atoms with E-state index in [1.54, 1.807) is 0 Å². The van der Waals surface area contributed by atoms with Crippen molar-refractivity contribution in [2.75, 3.05) is 0 Å². The fraction of sp³-hybridized carbons (Fsp3) is 0. The molecule has 0 unspecified atom stereocenters. The number of rotatable bonds is 4. The summed E-state index contributed by atoms with van der Waals surface area (Å²) in [6.45, 7) is 0. The Bertz CT molecular complexity index is 1910. The Kier molecular flexibility index (Phi) is 5.90. The van der Waals surface area contributed by atoms with Crippen LogP contribution in [0, 0.1) is 0 Å². The van der Waals surface area contributed by atoms with Gasteiger partial charge in [0, 0.05) is 0 Å². The summed E-state index contributed by atoms with van der Waals surface area (Å²) in [5.74, 6) is 0.